The van der Waals surface area contributed by atoms with E-state index in [1.807, 2.05) is 37.3 Å². The van der Waals surface area contributed by atoms with Crippen LogP contribution in [0.2, 0.25) is 5.02 Å². The van der Waals surface area contributed by atoms with E-state index in [9.17, 15) is 5.26 Å². The summed E-state index contributed by atoms with van der Waals surface area (Å²) in [6, 6.07) is 18.5. The fourth-order valence-electron chi connectivity index (χ4n) is 4.86. The van der Waals surface area contributed by atoms with E-state index in [2.05, 4.69) is 47.4 Å². The fourth-order valence-corrected chi connectivity index (χ4v) is 4.99. The van der Waals surface area contributed by atoms with Crippen molar-refractivity contribution < 1.29 is 4.74 Å². The molecule has 0 spiro atoms. The first-order chi connectivity index (χ1) is 15.5. The molecule has 0 bridgehead atoms. The number of anilines is 1. The number of para-hydroxylation sites is 2. The van der Waals surface area contributed by atoms with Gasteiger partial charge in [-0.15, -0.1) is 0 Å². The Morgan fingerprint density at radius 3 is 2.47 bits per heavy atom. The van der Waals surface area contributed by atoms with E-state index in [1.165, 1.54) is 0 Å². The van der Waals surface area contributed by atoms with Crippen molar-refractivity contribution in [2.24, 2.45) is 0 Å². The largest absolute Gasteiger partial charge is 0.372 e. The van der Waals surface area contributed by atoms with Gasteiger partial charge >= 0.3 is 0 Å². The van der Waals surface area contributed by atoms with Gasteiger partial charge in [0.05, 0.1) is 28.8 Å². The number of aromatic nitrogens is 2. The second-order valence-corrected chi connectivity index (χ2v) is 9.08. The van der Waals surface area contributed by atoms with Crippen molar-refractivity contribution in [3.63, 3.8) is 0 Å². The van der Waals surface area contributed by atoms with Gasteiger partial charge in [0.25, 0.3) is 0 Å². The Balaban J connectivity index is 1.83. The molecule has 5 nitrogen and oxygen atoms in total. The monoisotopic (exact) mass is 444 g/mol. The number of nitriles is 1. The zero-order valence-electron chi connectivity index (χ0n) is 18.5. The molecule has 32 heavy (non-hydrogen) atoms. The molecule has 2 atom stereocenters. The fraction of sp³-hybridized carbons (Fsp3) is 0.308. The Morgan fingerprint density at radius 2 is 1.78 bits per heavy atom. The molecule has 1 aliphatic heterocycles. The summed E-state index contributed by atoms with van der Waals surface area (Å²) in [6.45, 7) is 7.83. The third kappa shape index (κ3) is 3.50. The maximum absolute atomic E-state index is 10.1. The summed E-state index contributed by atoms with van der Waals surface area (Å²) in [4.78, 5) is 7.27. The summed E-state index contributed by atoms with van der Waals surface area (Å²) in [6.07, 6.45) is 0.932. The number of morpholine rings is 1. The van der Waals surface area contributed by atoms with E-state index < -0.39 is 0 Å². The lowest BCUT2D eigenvalue weighted by molar-refractivity contribution is -0.00555. The van der Waals surface area contributed by atoms with Crippen LogP contribution in [0.3, 0.4) is 0 Å². The number of imidazole rings is 1. The van der Waals surface area contributed by atoms with E-state index in [0.717, 1.165) is 51.7 Å². The van der Waals surface area contributed by atoms with Crippen molar-refractivity contribution in [2.45, 2.75) is 39.4 Å². The van der Waals surface area contributed by atoms with Crippen molar-refractivity contribution in [3.05, 3.63) is 75.8 Å². The molecular formula is C26H25ClN4O. The molecule has 0 amide bonds. The molecule has 5 rings (SSSR count). The summed E-state index contributed by atoms with van der Waals surface area (Å²) >= 11 is 6.13. The van der Waals surface area contributed by atoms with Crippen molar-refractivity contribution in [3.8, 4) is 6.07 Å². The van der Waals surface area contributed by atoms with Crippen LogP contribution in [0.1, 0.15) is 36.1 Å². The van der Waals surface area contributed by atoms with Crippen molar-refractivity contribution in [1.82, 2.24) is 9.38 Å². The zero-order chi connectivity index (χ0) is 22.4. The van der Waals surface area contributed by atoms with Crippen LogP contribution in [-0.2, 0) is 11.2 Å². The van der Waals surface area contributed by atoms with Crippen LogP contribution in [0.15, 0.2) is 48.5 Å². The molecule has 6 heteroatoms. The van der Waals surface area contributed by atoms with Crippen LogP contribution in [0.5, 0.6) is 0 Å². The molecule has 2 unspecified atom stereocenters. The number of nitrogens with zero attached hydrogens (tertiary/aromatic N) is 4. The maximum atomic E-state index is 10.1. The first-order valence-electron chi connectivity index (χ1n) is 10.9. The Hall–Kier alpha value is -3.07. The highest BCUT2D eigenvalue weighted by molar-refractivity contribution is 6.30. The Bertz CT molecular complexity index is 1340. The van der Waals surface area contributed by atoms with Crippen LogP contribution in [0.4, 0.5) is 5.82 Å². The van der Waals surface area contributed by atoms with Crippen LogP contribution in [0, 0.1) is 18.3 Å². The highest BCUT2D eigenvalue weighted by Crippen LogP contribution is 2.36. The van der Waals surface area contributed by atoms with Crippen molar-refractivity contribution in [1.29, 1.82) is 5.26 Å². The van der Waals surface area contributed by atoms with Gasteiger partial charge in [0, 0.05) is 30.1 Å². The van der Waals surface area contributed by atoms with Crippen molar-refractivity contribution in [2.75, 3.05) is 18.0 Å². The predicted molar refractivity (Wildman–Crippen MR) is 129 cm³/mol. The molecule has 4 aromatic rings. The Morgan fingerprint density at radius 1 is 1.09 bits per heavy atom. The van der Waals surface area contributed by atoms with Gasteiger partial charge in [-0.3, -0.25) is 4.40 Å². The Labute approximate surface area is 192 Å². The average molecular weight is 445 g/mol. The molecule has 3 heterocycles. The average Bonchev–Trinajstić information content (AvgIpc) is 3.14. The topological polar surface area (TPSA) is 53.6 Å². The highest BCUT2D eigenvalue weighted by Gasteiger charge is 2.29. The summed E-state index contributed by atoms with van der Waals surface area (Å²) < 4.78 is 8.21. The van der Waals surface area contributed by atoms with Gasteiger partial charge in [0.1, 0.15) is 11.9 Å². The predicted octanol–water partition coefficient (Wildman–Crippen LogP) is 5.53. The second-order valence-electron chi connectivity index (χ2n) is 8.64. The lowest BCUT2D eigenvalue weighted by Crippen LogP contribution is -2.46. The molecule has 1 fully saturated rings. The van der Waals surface area contributed by atoms with E-state index in [0.29, 0.717) is 17.6 Å². The van der Waals surface area contributed by atoms with Gasteiger partial charge in [-0.05, 0) is 56.2 Å². The van der Waals surface area contributed by atoms with Crippen molar-refractivity contribution >= 4 is 34.1 Å². The summed E-state index contributed by atoms with van der Waals surface area (Å²) in [5.74, 6) is 1.10. The SMILES string of the molecule is Cc1c(Cc2ccc(Cl)cc2)c(N2CC(C)OC(C)C2)n2c(nc3ccccc32)c1C#N. The number of rotatable bonds is 3. The molecular weight excluding hydrogens is 420 g/mol. The lowest BCUT2D eigenvalue weighted by atomic mass is 9.97. The summed E-state index contributed by atoms with van der Waals surface area (Å²) in [5.41, 5.74) is 6.52. The number of halogens is 1. The molecule has 0 saturated carbocycles. The van der Waals surface area contributed by atoms with Crippen LogP contribution >= 0.6 is 11.6 Å². The molecule has 0 radical (unpaired) electrons. The molecule has 1 saturated heterocycles. The molecule has 0 aliphatic carbocycles. The minimum absolute atomic E-state index is 0.114. The summed E-state index contributed by atoms with van der Waals surface area (Å²) in [7, 11) is 0. The van der Waals surface area contributed by atoms with Gasteiger partial charge < -0.3 is 9.64 Å². The van der Waals surface area contributed by atoms with Crippen LogP contribution < -0.4 is 4.90 Å². The van der Waals surface area contributed by atoms with E-state index in [1.54, 1.807) is 0 Å². The lowest BCUT2D eigenvalue weighted by Gasteiger charge is -2.38. The molecule has 2 aromatic carbocycles. The number of hydrogen-bond acceptors (Lipinski definition) is 4. The molecule has 2 aromatic heterocycles. The third-order valence-corrected chi connectivity index (χ3v) is 6.47. The minimum atomic E-state index is 0.114. The van der Waals surface area contributed by atoms with E-state index in [-0.39, 0.29) is 12.2 Å². The highest BCUT2D eigenvalue weighted by atomic mass is 35.5. The smallest absolute Gasteiger partial charge is 0.157 e. The third-order valence-electron chi connectivity index (χ3n) is 6.22. The van der Waals surface area contributed by atoms with Crippen LogP contribution in [-0.4, -0.2) is 34.7 Å². The van der Waals surface area contributed by atoms with Gasteiger partial charge in [0.15, 0.2) is 5.65 Å². The maximum Gasteiger partial charge on any atom is 0.157 e. The summed E-state index contributed by atoms with van der Waals surface area (Å²) in [5, 5.41) is 10.8. The van der Waals surface area contributed by atoms with E-state index >= 15 is 0 Å². The Kier molecular flexibility index (Phi) is 5.28. The number of fused-ring (bicyclic) bond motifs is 3. The van der Waals surface area contributed by atoms with Gasteiger partial charge in [-0.1, -0.05) is 35.9 Å². The van der Waals surface area contributed by atoms with Gasteiger partial charge in [-0.2, -0.15) is 5.26 Å². The normalized spacial score (nSPS) is 18.9. The van der Waals surface area contributed by atoms with Gasteiger partial charge in [-0.25, -0.2) is 4.98 Å². The number of pyridine rings is 1. The second kappa shape index (κ2) is 8.12. The molecule has 0 N–H and O–H groups in total. The molecule has 162 valence electrons. The number of ether oxygens (including phenoxy) is 1. The van der Waals surface area contributed by atoms with Gasteiger partial charge in [0.2, 0.25) is 0 Å². The standard InChI is InChI=1S/C26H25ClN4O/c1-16-14-30(15-17(2)32-16)26-21(12-19-8-10-20(27)11-9-19)18(3)22(13-28)25-29-23-6-4-5-7-24(23)31(25)26/h4-11,16-17H,12,14-15H2,1-3H3. The quantitative estimate of drug-likeness (QED) is 0.417. The number of hydrogen-bond donors (Lipinski definition) is 0. The minimum Gasteiger partial charge on any atom is -0.372 e. The van der Waals surface area contributed by atoms with E-state index in [4.69, 9.17) is 21.3 Å². The molecule has 1 aliphatic rings. The zero-order valence-corrected chi connectivity index (χ0v) is 19.2. The first kappa shape index (κ1) is 20.8. The number of benzene rings is 2. The first-order valence-corrected chi connectivity index (χ1v) is 11.3. The van der Waals surface area contributed by atoms with Crippen LogP contribution in [0.25, 0.3) is 16.7 Å².